The van der Waals surface area contributed by atoms with Crippen LogP contribution < -0.4 is 0 Å². The van der Waals surface area contributed by atoms with Gasteiger partial charge >= 0.3 is 0 Å². The third kappa shape index (κ3) is 3.17. The van der Waals surface area contributed by atoms with Gasteiger partial charge in [-0.25, -0.2) is 17.6 Å². The van der Waals surface area contributed by atoms with Crippen LogP contribution in [0.5, 0.6) is 11.5 Å². The van der Waals surface area contributed by atoms with Gasteiger partial charge in [0.1, 0.15) is 5.75 Å². The van der Waals surface area contributed by atoms with Crippen molar-refractivity contribution in [3.63, 3.8) is 0 Å². The summed E-state index contributed by atoms with van der Waals surface area (Å²) < 4.78 is 67.3. The third-order valence-corrected chi connectivity index (χ3v) is 3.41. The summed E-state index contributed by atoms with van der Waals surface area (Å²) in [6, 6.07) is 0.624. The lowest BCUT2D eigenvalue weighted by molar-refractivity contribution is 0.0978. The van der Waals surface area contributed by atoms with E-state index < -0.39 is 75.3 Å². The van der Waals surface area contributed by atoms with Crippen LogP contribution in [-0.4, -0.2) is 21.8 Å². The Hall–Kier alpha value is -2.97. The van der Waals surface area contributed by atoms with Crippen molar-refractivity contribution in [2.75, 3.05) is 0 Å². The second-order valence-corrected chi connectivity index (χ2v) is 5.09. The molecule has 2 aromatic rings. The van der Waals surface area contributed by atoms with E-state index in [2.05, 4.69) is 0 Å². The minimum atomic E-state index is -2.00. The number of halogens is 5. The molecule has 0 aliphatic rings. The predicted octanol–water partition coefficient (Wildman–Crippen LogP) is 3.42. The van der Waals surface area contributed by atoms with Gasteiger partial charge in [0.05, 0.1) is 11.1 Å². The van der Waals surface area contributed by atoms with E-state index in [4.69, 9.17) is 5.11 Å². The van der Waals surface area contributed by atoms with Gasteiger partial charge in [-0.2, -0.15) is 4.39 Å². The fourth-order valence-corrected chi connectivity index (χ4v) is 2.18. The van der Waals surface area contributed by atoms with Crippen LogP contribution in [-0.2, 0) is 6.42 Å². The summed E-state index contributed by atoms with van der Waals surface area (Å²) in [6.45, 7) is 0.841. The Morgan fingerprint density at radius 3 is 2.04 bits per heavy atom. The number of hydrogen-bond acceptors (Lipinski definition) is 4. The third-order valence-electron chi connectivity index (χ3n) is 3.41. The van der Waals surface area contributed by atoms with E-state index in [1.165, 1.54) is 0 Å². The molecule has 0 bridgehead atoms. The molecule has 2 N–H and O–H groups in total. The van der Waals surface area contributed by atoms with Crippen LogP contribution in [0.15, 0.2) is 12.1 Å². The number of carbonyl (C=O) groups excluding carboxylic acids is 2. The van der Waals surface area contributed by atoms with E-state index in [0.717, 1.165) is 6.92 Å². The topological polar surface area (TPSA) is 74.6 Å². The van der Waals surface area contributed by atoms with Crippen LogP contribution in [0, 0.1) is 29.1 Å². The first-order chi connectivity index (χ1) is 11.6. The highest BCUT2D eigenvalue weighted by Crippen LogP contribution is 2.31. The molecular formula is C16H9F5O4. The van der Waals surface area contributed by atoms with Gasteiger partial charge in [0.2, 0.25) is 5.82 Å². The number of ketones is 2. The van der Waals surface area contributed by atoms with Gasteiger partial charge in [-0.3, -0.25) is 9.59 Å². The molecule has 25 heavy (non-hydrogen) atoms. The maximum atomic E-state index is 13.7. The Morgan fingerprint density at radius 1 is 0.880 bits per heavy atom. The van der Waals surface area contributed by atoms with Crippen LogP contribution >= 0.6 is 0 Å². The molecule has 0 radical (unpaired) electrons. The fraction of sp³-hybridized carbons (Fsp3) is 0.125. The molecule has 0 heterocycles. The summed E-state index contributed by atoms with van der Waals surface area (Å²) >= 11 is 0. The standard InChI is InChI=1S/C16H9F5O4/c1-5(22)11-13(20)8(17)2-6(15(11)24)3-10(23)7-4-9(18)16(25)14(21)12(7)19/h2,4,24-25H,3H2,1H3. The van der Waals surface area contributed by atoms with Gasteiger partial charge < -0.3 is 10.2 Å². The number of carbonyl (C=O) groups is 2. The molecule has 0 aromatic heterocycles. The van der Waals surface area contributed by atoms with Crippen LogP contribution in [0.25, 0.3) is 0 Å². The van der Waals surface area contributed by atoms with Crippen molar-refractivity contribution >= 4 is 11.6 Å². The van der Waals surface area contributed by atoms with Crippen LogP contribution in [0.2, 0.25) is 0 Å². The molecular weight excluding hydrogens is 351 g/mol. The summed E-state index contributed by atoms with van der Waals surface area (Å²) in [5, 5.41) is 18.7. The monoisotopic (exact) mass is 360 g/mol. The predicted molar refractivity (Wildman–Crippen MR) is 74.0 cm³/mol. The molecule has 0 aliphatic heterocycles. The van der Waals surface area contributed by atoms with Gasteiger partial charge in [-0.05, 0) is 19.1 Å². The van der Waals surface area contributed by atoms with Crippen LogP contribution in [0.4, 0.5) is 22.0 Å². The zero-order chi connectivity index (χ0) is 19.0. The van der Waals surface area contributed by atoms with E-state index in [0.29, 0.717) is 6.07 Å². The Labute approximate surface area is 137 Å². The molecule has 0 aliphatic carbocycles. The first kappa shape index (κ1) is 18.4. The maximum absolute atomic E-state index is 13.7. The molecule has 2 aromatic carbocycles. The van der Waals surface area contributed by atoms with Gasteiger partial charge in [-0.15, -0.1) is 0 Å². The van der Waals surface area contributed by atoms with Crippen molar-refractivity contribution in [1.82, 2.24) is 0 Å². The Balaban J connectivity index is 2.52. The highest BCUT2D eigenvalue weighted by atomic mass is 19.2. The quantitative estimate of drug-likeness (QED) is 0.498. The number of benzene rings is 2. The molecule has 0 saturated carbocycles. The number of aromatic hydroxyl groups is 2. The number of rotatable bonds is 4. The minimum absolute atomic E-state index is 0.221. The van der Waals surface area contributed by atoms with Gasteiger partial charge in [0.25, 0.3) is 0 Å². The molecule has 0 amide bonds. The maximum Gasteiger partial charge on any atom is 0.204 e. The molecule has 4 nitrogen and oxygen atoms in total. The fourth-order valence-electron chi connectivity index (χ4n) is 2.18. The Kier molecular flexibility index (Phi) is 4.78. The second kappa shape index (κ2) is 6.50. The first-order valence-corrected chi connectivity index (χ1v) is 6.66. The van der Waals surface area contributed by atoms with Crippen molar-refractivity contribution in [2.45, 2.75) is 13.3 Å². The lowest BCUT2D eigenvalue weighted by Gasteiger charge is -2.10. The highest BCUT2D eigenvalue weighted by Gasteiger charge is 2.26. The van der Waals surface area contributed by atoms with Gasteiger partial charge in [0.15, 0.2) is 40.6 Å². The molecule has 2 rings (SSSR count). The minimum Gasteiger partial charge on any atom is -0.507 e. The molecule has 0 atom stereocenters. The average Bonchev–Trinajstić information content (AvgIpc) is 2.53. The lowest BCUT2D eigenvalue weighted by atomic mass is 9.97. The molecule has 0 fully saturated rings. The number of phenols is 2. The smallest absolute Gasteiger partial charge is 0.204 e. The van der Waals surface area contributed by atoms with Gasteiger partial charge in [-0.1, -0.05) is 0 Å². The van der Waals surface area contributed by atoms with Crippen molar-refractivity contribution in [2.24, 2.45) is 0 Å². The van der Waals surface area contributed by atoms with E-state index in [1.807, 2.05) is 0 Å². The zero-order valence-electron chi connectivity index (χ0n) is 12.5. The summed E-state index contributed by atoms with van der Waals surface area (Å²) in [6.07, 6.45) is -0.982. The van der Waals surface area contributed by atoms with Gasteiger partial charge in [0, 0.05) is 12.0 Å². The molecule has 9 heteroatoms. The van der Waals surface area contributed by atoms with Crippen LogP contribution in [0.1, 0.15) is 33.2 Å². The normalized spacial score (nSPS) is 10.8. The van der Waals surface area contributed by atoms with E-state index in [9.17, 15) is 36.6 Å². The SMILES string of the molecule is CC(=O)c1c(O)c(CC(=O)c2cc(F)c(O)c(F)c2F)cc(F)c1F. The number of hydrogen-bond donors (Lipinski definition) is 2. The second-order valence-electron chi connectivity index (χ2n) is 5.09. The zero-order valence-corrected chi connectivity index (χ0v) is 12.5. The largest absolute Gasteiger partial charge is 0.507 e. The Morgan fingerprint density at radius 2 is 1.48 bits per heavy atom. The van der Waals surface area contributed by atoms with Crippen LogP contribution in [0.3, 0.4) is 0 Å². The number of phenolic OH excluding ortho intramolecular Hbond substituents is 2. The Bertz CT molecular complexity index is 908. The van der Waals surface area contributed by atoms with Crippen molar-refractivity contribution < 1.29 is 41.8 Å². The summed E-state index contributed by atoms with van der Waals surface area (Å²) in [5.74, 6) is -13.6. The van der Waals surface area contributed by atoms with E-state index in [-0.39, 0.29) is 6.07 Å². The molecule has 0 spiro atoms. The molecule has 0 saturated heterocycles. The summed E-state index contributed by atoms with van der Waals surface area (Å²) in [5.41, 5.74) is -2.70. The van der Waals surface area contributed by atoms with Crippen molar-refractivity contribution in [1.29, 1.82) is 0 Å². The van der Waals surface area contributed by atoms with E-state index >= 15 is 0 Å². The lowest BCUT2D eigenvalue weighted by Crippen LogP contribution is -2.11. The number of Topliss-reactive ketones (excluding diaryl/α,β-unsaturated/α-hetero) is 2. The summed E-state index contributed by atoms with van der Waals surface area (Å²) in [4.78, 5) is 23.3. The van der Waals surface area contributed by atoms with Crippen molar-refractivity contribution in [3.05, 3.63) is 57.9 Å². The average molecular weight is 360 g/mol. The molecule has 132 valence electrons. The van der Waals surface area contributed by atoms with Crippen molar-refractivity contribution in [3.8, 4) is 11.5 Å². The first-order valence-electron chi connectivity index (χ1n) is 6.66. The highest BCUT2D eigenvalue weighted by molar-refractivity contribution is 6.00. The van der Waals surface area contributed by atoms with E-state index in [1.54, 1.807) is 0 Å². The molecule has 0 unspecified atom stereocenters. The summed E-state index contributed by atoms with van der Waals surface area (Å²) in [7, 11) is 0.